The third-order valence-electron chi connectivity index (χ3n) is 2.82. The molecule has 0 aliphatic heterocycles. The van der Waals surface area contributed by atoms with E-state index < -0.39 is 11.8 Å². The van der Waals surface area contributed by atoms with Crippen LogP contribution in [0.2, 0.25) is 0 Å². The molecule has 0 unspecified atom stereocenters. The van der Waals surface area contributed by atoms with Crippen LogP contribution in [0.3, 0.4) is 0 Å². The number of aromatic nitrogens is 1. The van der Waals surface area contributed by atoms with Gasteiger partial charge in [0.2, 0.25) is 0 Å². The minimum atomic E-state index is -1.14. The molecule has 0 saturated heterocycles. The molecule has 0 atom stereocenters. The molecule has 2 rings (SSSR count). The number of hydrogen-bond acceptors (Lipinski definition) is 4. The lowest BCUT2D eigenvalue weighted by Gasteiger charge is -2.21. The maximum absolute atomic E-state index is 13.9. The lowest BCUT2D eigenvalue weighted by molar-refractivity contribution is 0.0697. The van der Waals surface area contributed by atoms with E-state index in [2.05, 4.69) is 4.98 Å². The Hall–Kier alpha value is -1.95. The molecule has 1 N–H and O–H groups in total. The Labute approximate surface area is 114 Å². The summed E-state index contributed by atoms with van der Waals surface area (Å²) < 4.78 is 13.9. The lowest BCUT2D eigenvalue weighted by Crippen LogP contribution is -2.20. The summed E-state index contributed by atoms with van der Waals surface area (Å²) in [5.41, 5.74) is 2.66. The first-order valence-corrected chi connectivity index (χ1v) is 6.50. The molecule has 0 radical (unpaired) electrons. The second-order valence-corrected chi connectivity index (χ2v) is 5.10. The summed E-state index contributed by atoms with van der Waals surface area (Å²) >= 11 is 1.47. The maximum atomic E-state index is 13.9. The second kappa shape index (κ2) is 5.36. The van der Waals surface area contributed by atoms with E-state index in [9.17, 15) is 9.18 Å². The number of anilines is 1. The first kappa shape index (κ1) is 13.5. The standard InChI is InChI=1S/C13H13FN2O2S/c1-8-11(19-7-15-8)6-16(2)12-9(13(17)18)4-3-5-10(12)14/h3-5,7H,6H2,1-2H3,(H,17,18). The van der Waals surface area contributed by atoms with E-state index in [0.717, 1.165) is 10.6 Å². The van der Waals surface area contributed by atoms with Crippen LogP contribution in [0.15, 0.2) is 23.7 Å². The second-order valence-electron chi connectivity index (χ2n) is 4.16. The predicted octanol–water partition coefficient (Wildman–Crippen LogP) is 2.93. The van der Waals surface area contributed by atoms with Gasteiger partial charge in [-0.2, -0.15) is 0 Å². The quantitative estimate of drug-likeness (QED) is 0.935. The molecule has 0 spiro atoms. The van der Waals surface area contributed by atoms with E-state index in [-0.39, 0.29) is 11.3 Å². The number of aromatic carboxylic acids is 1. The summed E-state index contributed by atoms with van der Waals surface area (Å²) in [5, 5.41) is 9.12. The molecular formula is C13H13FN2O2S. The van der Waals surface area contributed by atoms with Crippen molar-refractivity contribution < 1.29 is 14.3 Å². The van der Waals surface area contributed by atoms with Gasteiger partial charge in [-0.25, -0.2) is 14.2 Å². The van der Waals surface area contributed by atoms with Gasteiger partial charge < -0.3 is 10.0 Å². The Morgan fingerprint density at radius 2 is 2.26 bits per heavy atom. The SMILES string of the molecule is Cc1ncsc1CN(C)c1c(F)cccc1C(=O)O. The van der Waals surface area contributed by atoms with Gasteiger partial charge in [0, 0.05) is 11.9 Å². The maximum Gasteiger partial charge on any atom is 0.337 e. The smallest absolute Gasteiger partial charge is 0.337 e. The zero-order valence-electron chi connectivity index (χ0n) is 10.6. The van der Waals surface area contributed by atoms with Crippen molar-refractivity contribution in [3.05, 3.63) is 45.7 Å². The van der Waals surface area contributed by atoms with Crippen LogP contribution in [-0.4, -0.2) is 23.1 Å². The number of aryl methyl sites for hydroxylation is 1. The van der Waals surface area contributed by atoms with Crippen molar-refractivity contribution in [2.24, 2.45) is 0 Å². The molecule has 0 amide bonds. The summed E-state index contributed by atoms with van der Waals surface area (Å²) in [5.74, 6) is -1.67. The van der Waals surface area contributed by atoms with Crippen molar-refractivity contribution in [3.63, 3.8) is 0 Å². The van der Waals surface area contributed by atoms with Gasteiger partial charge in [0.15, 0.2) is 0 Å². The van der Waals surface area contributed by atoms with Gasteiger partial charge in [-0.1, -0.05) is 6.07 Å². The van der Waals surface area contributed by atoms with Gasteiger partial charge >= 0.3 is 5.97 Å². The predicted molar refractivity (Wildman–Crippen MR) is 72.3 cm³/mol. The van der Waals surface area contributed by atoms with Crippen molar-refractivity contribution in [3.8, 4) is 0 Å². The van der Waals surface area contributed by atoms with E-state index in [0.29, 0.717) is 6.54 Å². The Kier molecular flexibility index (Phi) is 3.80. The number of hydrogen-bond donors (Lipinski definition) is 1. The van der Waals surface area contributed by atoms with Crippen LogP contribution < -0.4 is 4.90 Å². The summed E-state index contributed by atoms with van der Waals surface area (Å²) in [7, 11) is 1.67. The zero-order valence-corrected chi connectivity index (χ0v) is 11.4. The lowest BCUT2D eigenvalue weighted by atomic mass is 10.1. The summed E-state index contributed by atoms with van der Waals surface area (Å²) in [6.45, 7) is 2.30. The molecule has 2 aromatic rings. The number of rotatable bonds is 4. The third-order valence-corrected chi connectivity index (χ3v) is 3.74. The van der Waals surface area contributed by atoms with Crippen LogP contribution >= 0.6 is 11.3 Å². The number of carbonyl (C=O) groups is 1. The largest absolute Gasteiger partial charge is 0.478 e. The fourth-order valence-corrected chi connectivity index (χ4v) is 2.68. The van der Waals surface area contributed by atoms with Gasteiger partial charge in [-0.3, -0.25) is 0 Å². The van der Waals surface area contributed by atoms with Crippen LogP contribution in [0.1, 0.15) is 20.9 Å². The molecule has 1 heterocycles. The number of para-hydroxylation sites is 1. The molecule has 6 heteroatoms. The van der Waals surface area contributed by atoms with E-state index in [1.807, 2.05) is 6.92 Å². The average Bonchev–Trinajstić information content (AvgIpc) is 2.74. The minimum Gasteiger partial charge on any atom is -0.478 e. The number of nitrogens with zero attached hydrogens (tertiary/aromatic N) is 2. The first-order chi connectivity index (χ1) is 9.00. The van der Waals surface area contributed by atoms with Crippen LogP contribution in [0.5, 0.6) is 0 Å². The summed E-state index contributed by atoms with van der Waals surface area (Å²) in [6, 6.07) is 4.06. The number of thiazole rings is 1. The average molecular weight is 280 g/mol. The highest BCUT2D eigenvalue weighted by Gasteiger charge is 2.18. The van der Waals surface area contributed by atoms with Crippen LogP contribution in [0.25, 0.3) is 0 Å². The molecule has 1 aromatic heterocycles. The molecular weight excluding hydrogens is 267 g/mol. The fraction of sp³-hybridized carbons (Fsp3) is 0.231. The highest BCUT2D eigenvalue weighted by molar-refractivity contribution is 7.09. The number of carboxylic acids is 1. The number of halogens is 1. The Balaban J connectivity index is 2.36. The highest BCUT2D eigenvalue weighted by Crippen LogP contribution is 2.26. The first-order valence-electron chi connectivity index (χ1n) is 5.62. The Bertz CT molecular complexity index is 612. The van der Waals surface area contributed by atoms with Gasteiger partial charge in [0.05, 0.1) is 29.0 Å². The van der Waals surface area contributed by atoms with Crippen LogP contribution in [0, 0.1) is 12.7 Å². The fourth-order valence-electron chi connectivity index (χ4n) is 1.85. The third kappa shape index (κ3) is 2.73. The van der Waals surface area contributed by atoms with Crippen molar-refractivity contribution in [2.45, 2.75) is 13.5 Å². The van der Waals surface area contributed by atoms with Crippen molar-refractivity contribution in [1.82, 2.24) is 4.98 Å². The van der Waals surface area contributed by atoms with Crippen molar-refractivity contribution in [2.75, 3.05) is 11.9 Å². The van der Waals surface area contributed by atoms with Crippen LogP contribution in [0.4, 0.5) is 10.1 Å². The van der Waals surface area contributed by atoms with Crippen LogP contribution in [-0.2, 0) is 6.54 Å². The Morgan fingerprint density at radius 1 is 1.53 bits per heavy atom. The minimum absolute atomic E-state index is 0.0373. The molecule has 100 valence electrons. The van der Waals surface area contributed by atoms with E-state index in [4.69, 9.17) is 5.11 Å². The molecule has 0 aliphatic carbocycles. The topological polar surface area (TPSA) is 53.4 Å². The zero-order chi connectivity index (χ0) is 14.0. The molecule has 0 bridgehead atoms. The van der Waals surface area contributed by atoms with E-state index in [1.165, 1.54) is 29.5 Å². The van der Waals surface area contributed by atoms with Gasteiger partial charge in [-0.15, -0.1) is 11.3 Å². The molecule has 19 heavy (non-hydrogen) atoms. The van der Waals surface area contributed by atoms with E-state index in [1.54, 1.807) is 17.5 Å². The molecule has 0 fully saturated rings. The molecule has 0 aliphatic rings. The van der Waals surface area contributed by atoms with Gasteiger partial charge in [-0.05, 0) is 19.1 Å². The normalized spacial score (nSPS) is 10.5. The molecule has 0 saturated carbocycles. The number of benzene rings is 1. The van der Waals surface area contributed by atoms with Crippen molar-refractivity contribution >= 4 is 23.0 Å². The summed E-state index contributed by atoms with van der Waals surface area (Å²) in [4.78, 5) is 17.9. The van der Waals surface area contributed by atoms with Crippen molar-refractivity contribution in [1.29, 1.82) is 0 Å². The van der Waals surface area contributed by atoms with Gasteiger partial charge in [0.25, 0.3) is 0 Å². The summed E-state index contributed by atoms with van der Waals surface area (Å²) in [6.07, 6.45) is 0. The van der Waals surface area contributed by atoms with Gasteiger partial charge in [0.1, 0.15) is 5.82 Å². The molecule has 4 nitrogen and oxygen atoms in total. The Morgan fingerprint density at radius 3 is 2.84 bits per heavy atom. The highest BCUT2D eigenvalue weighted by atomic mass is 32.1. The monoisotopic (exact) mass is 280 g/mol. The number of carboxylic acid groups (broad SMARTS) is 1. The molecule has 1 aromatic carbocycles. The van der Waals surface area contributed by atoms with E-state index >= 15 is 0 Å².